The Hall–Kier alpha value is -1.82. The third-order valence-electron chi connectivity index (χ3n) is 2.54. The molecule has 6 nitrogen and oxygen atoms in total. The normalized spacial score (nSPS) is 11.2. The maximum atomic E-state index is 5.77. The molecule has 1 heterocycles. The zero-order chi connectivity index (χ0) is 12.3. The Bertz CT molecular complexity index is 494. The molecule has 0 atom stereocenters. The summed E-state index contributed by atoms with van der Waals surface area (Å²) in [5, 5.41) is 10.9. The number of anilines is 2. The van der Waals surface area contributed by atoms with Gasteiger partial charge in [-0.25, -0.2) is 4.63 Å². The summed E-state index contributed by atoms with van der Waals surface area (Å²) in [6.45, 7) is 1.92. The van der Waals surface area contributed by atoms with E-state index >= 15 is 0 Å². The van der Waals surface area contributed by atoms with Crippen LogP contribution in [0.1, 0.15) is 6.42 Å². The Morgan fingerprint density at radius 2 is 2.06 bits per heavy atom. The third-order valence-corrected chi connectivity index (χ3v) is 2.54. The highest BCUT2D eigenvalue weighted by molar-refractivity contribution is 5.94. The van der Waals surface area contributed by atoms with E-state index < -0.39 is 0 Å². The molecule has 0 spiro atoms. The van der Waals surface area contributed by atoms with E-state index in [4.69, 9.17) is 10.4 Å². The van der Waals surface area contributed by atoms with Crippen LogP contribution in [0.25, 0.3) is 11.0 Å². The van der Waals surface area contributed by atoms with Crippen LogP contribution in [0.4, 0.5) is 11.4 Å². The molecule has 2 aromatic rings. The maximum absolute atomic E-state index is 5.77. The van der Waals surface area contributed by atoms with Crippen LogP contribution in [-0.2, 0) is 0 Å². The lowest BCUT2D eigenvalue weighted by molar-refractivity contribution is 0.315. The molecule has 6 heteroatoms. The summed E-state index contributed by atoms with van der Waals surface area (Å²) in [6, 6.07) is 3.71. The van der Waals surface area contributed by atoms with Crippen LogP contribution in [0, 0.1) is 0 Å². The maximum Gasteiger partial charge on any atom is 0.160 e. The number of nitrogen functional groups attached to an aromatic ring is 1. The highest BCUT2D eigenvalue weighted by Crippen LogP contribution is 2.24. The predicted octanol–water partition coefficient (Wildman–Crippen LogP) is 1.17. The third kappa shape index (κ3) is 2.65. The number of benzene rings is 1. The molecule has 17 heavy (non-hydrogen) atoms. The van der Waals surface area contributed by atoms with Crippen LogP contribution in [0.5, 0.6) is 0 Å². The number of nitrogens with zero attached hydrogens (tertiary/aromatic N) is 3. The van der Waals surface area contributed by atoms with Gasteiger partial charge in [-0.05, 0) is 49.5 Å². The van der Waals surface area contributed by atoms with Crippen molar-refractivity contribution in [2.24, 2.45) is 0 Å². The van der Waals surface area contributed by atoms with Gasteiger partial charge in [0, 0.05) is 6.54 Å². The lowest BCUT2D eigenvalue weighted by Gasteiger charge is -2.10. The van der Waals surface area contributed by atoms with Gasteiger partial charge in [-0.1, -0.05) is 0 Å². The number of hydrogen-bond acceptors (Lipinski definition) is 6. The molecule has 0 unspecified atom stereocenters. The number of nitrogens with one attached hydrogen (secondary N) is 1. The monoisotopic (exact) mass is 235 g/mol. The first-order valence-corrected chi connectivity index (χ1v) is 5.58. The average Bonchev–Trinajstić information content (AvgIpc) is 2.76. The molecule has 0 radical (unpaired) electrons. The van der Waals surface area contributed by atoms with Crippen molar-refractivity contribution < 1.29 is 4.63 Å². The van der Waals surface area contributed by atoms with Gasteiger partial charge in [-0.3, -0.25) is 0 Å². The molecule has 0 amide bonds. The minimum absolute atomic E-state index is 0.583. The Kier molecular flexibility index (Phi) is 3.43. The van der Waals surface area contributed by atoms with Crippen LogP contribution in [0.3, 0.4) is 0 Å². The lowest BCUT2D eigenvalue weighted by atomic mass is 10.2. The van der Waals surface area contributed by atoms with Crippen molar-refractivity contribution in [1.29, 1.82) is 0 Å². The van der Waals surface area contributed by atoms with Gasteiger partial charge in [-0.2, -0.15) is 0 Å². The molecular weight excluding hydrogens is 218 g/mol. The molecule has 0 bridgehead atoms. The Morgan fingerprint density at radius 1 is 1.29 bits per heavy atom. The Morgan fingerprint density at radius 3 is 2.82 bits per heavy atom. The summed E-state index contributed by atoms with van der Waals surface area (Å²) < 4.78 is 4.70. The molecule has 0 saturated heterocycles. The number of aromatic nitrogens is 2. The van der Waals surface area contributed by atoms with Gasteiger partial charge in [0.1, 0.15) is 0 Å². The number of fused-ring (bicyclic) bond motifs is 1. The van der Waals surface area contributed by atoms with Crippen molar-refractivity contribution in [2.75, 3.05) is 38.2 Å². The average molecular weight is 235 g/mol. The number of hydrogen-bond donors (Lipinski definition) is 2. The molecule has 1 aromatic carbocycles. The van der Waals surface area contributed by atoms with Crippen molar-refractivity contribution >= 4 is 22.4 Å². The van der Waals surface area contributed by atoms with E-state index in [2.05, 4.69) is 34.6 Å². The first-order valence-electron chi connectivity index (χ1n) is 5.58. The zero-order valence-electron chi connectivity index (χ0n) is 10.1. The van der Waals surface area contributed by atoms with Crippen LogP contribution in [0.15, 0.2) is 16.8 Å². The largest absolute Gasteiger partial charge is 0.397 e. The van der Waals surface area contributed by atoms with Crippen molar-refractivity contribution in [2.45, 2.75) is 6.42 Å². The van der Waals surface area contributed by atoms with Gasteiger partial charge in [0.15, 0.2) is 11.0 Å². The number of nitrogens with two attached hydrogens (primary N) is 1. The van der Waals surface area contributed by atoms with Gasteiger partial charge >= 0.3 is 0 Å². The minimum atomic E-state index is 0.583. The fourth-order valence-corrected chi connectivity index (χ4v) is 1.65. The highest BCUT2D eigenvalue weighted by atomic mass is 16.6. The molecule has 0 aliphatic heterocycles. The SMILES string of the molecule is CN(C)CCCNc1ccc(N)c2nonc12. The summed E-state index contributed by atoms with van der Waals surface area (Å²) in [4.78, 5) is 2.15. The van der Waals surface area contributed by atoms with Crippen LogP contribution in [-0.4, -0.2) is 42.4 Å². The van der Waals surface area contributed by atoms with E-state index in [1.54, 1.807) is 6.07 Å². The summed E-state index contributed by atoms with van der Waals surface area (Å²) in [7, 11) is 4.12. The van der Waals surface area contributed by atoms with E-state index in [1.165, 1.54) is 0 Å². The lowest BCUT2D eigenvalue weighted by Crippen LogP contribution is -2.16. The van der Waals surface area contributed by atoms with E-state index in [-0.39, 0.29) is 0 Å². The summed E-state index contributed by atoms with van der Waals surface area (Å²) in [6.07, 6.45) is 1.06. The van der Waals surface area contributed by atoms with Crippen LogP contribution in [0.2, 0.25) is 0 Å². The summed E-state index contributed by atoms with van der Waals surface area (Å²) in [5.41, 5.74) is 8.57. The molecule has 0 saturated carbocycles. The molecular formula is C11H17N5O. The van der Waals surface area contributed by atoms with Crippen molar-refractivity contribution in [3.8, 4) is 0 Å². The predicted molar refractivity (Wildman–Crippen MR) is 67.9 cm³/mol. The van der Waals surface area contributed by atoms with E-state index in [0.717, 1.165) is 25.2 Å². The van der Waals surface area contributed by atoms with E-state index in [9.17, 15) is 0 Å². The molecule has 0 fully saturated rings. The zero-order valence-corrected chi connectivity index (χ0v) is 10.1. The van der Waals surface area contributed by atoms with Gasteiger partial charge in [-0.15, -0.1) is 0 Å². The van der Waals surface area contributed by atoms with Crippen molar-refractivity contribution in [3.63, 3.8) is 0 Å². The Labute approximate surface area is 99.7 Å². The highest BCUT2D eigenvalue weighted by Gasteiger charge is 2.09. The van der Waals surface area contributed by atoms with Gasteiger partial charge < -0.3 is 16.0 Å². The van der Waals surface area contributed by atoms with Gasteiger partial charge in [0.05, 0.1) is 11.4 Å². The molecule has 0 aliphatic carbocycles. The second-order valence-corrected chi connectivity index (χ2v) is 4.25. The second kappa shape index (κ2) is 5.01. The molecule has 0 aliphatic rings. The standard InChI is InChI=1S/C11H17N5O/c1-16(2)7-3-6-13-9-5-4-8(12)10-11(9)15-17-14-10/h4-5,13H,3,6-7,12H2,1-2H3. The van der Waals surface area contributed by atoms with Crippen molar-refractivity contribution in [1.82, 2.24) is 15.2 Å². The van der Waals surface area contributed by atoms with E-state index in [1.807, 2.05) is 6.07 Å². The molecule has 3 N–H and O–H groups in total. The molecule has 2 rings (SSSR count). The van der Waals surface area contributed by atoms with Crippen LogP contribution < -0.4 is 11.1 Å². The van der Waals surface area contributed by atoms with Crippen LogP contribution >= 0.6 is 0 Å². The number of rotatable bonds is 5. The van der Waals surface area contributed by atoms with Gasteiger partial charge in [0.2, 0.25) is 0 Å². The first-order chi connectivity index (χ1) is 8.18. The Balaban J connectivity index is 2.04. The second-order valence-electron chi connectivity index (χ2n) is 4.25. The minimum Gasteiger partial charge on any atom is -0.397 e. The smallest absolute Gasteiger partial charge is 0.160 e. The van der Waals surface area contributed by atoms with Gasteiger partial charge in [0.25, 0.3) is 0 Å². The topological polar surface area (TPSA) is 80.2 Å². The van der Waals surface area contributed by atoms with Crippen molar-refractivity contribution in [3.05, 3.63) is 12.1 Å². The quantitative estimate of drug-likeness (QED) is 0.598. The van der Waals surface area contributed by atoms with E-state index in [0.29, 0.717) is 16.7 Å². The fourth-order valence-electron chi connectivity index (χ4n) is 1.65. The summed E-state index contributed by atoms with van der Waals surface area (Å²) >= 11 is 0. The first kappa shape index (κ1) is 11.7. The molecule has 1 aromatic heterocycles. The molecule has 92 valence electrons. The fraction of sp³-hybridized carbons (Fsp3) is 0.455. The summed E-state index contributed by atoms with van der Waals surface area (Å²) in [5.74, 6) is 0.